The van der Waals surface area contributed by atoms with Crippen LogP contribution in [0.5, 0.6) is 0 Å². The van der Waals surface area contributed by atoms with E-state index in [4.69, 9.17) is 16.3 Å². The van der Waals surface area contributed by atoms with Crippen molar-refractivity contribution < 1.29 is 9.84 Å². The predicted molar refractivity (Wildman–Crippen MR) is 65.1 cm³/mol. The predicted octanol–water partition coefficient (Wildman–Crippen LogP) is 1.33. The van der Waals surface area contributed by atoms with Crippen LogP contribution in [-0.4, -0.2) is 40.9 Å². The molecule has 0 saturated heterocycles. The molecule has 5 nitrogen and oxygen atoms in total. The number of ether oxygens (including phenoxy) is 1. The molecule has 1 fully saturated rings. The normalized spacial score (nSPS) is 16.8. The van der Waals surface area contributed by atoms with Crippen LogP contribution in [0.3, 0.4) is 0 Å². The number of rotatable bonds is 7. The van der Waals surface area contributed by atoms with E-state index in [0.29, 0.717) is 29.9 Å². The summed E-state index contributed by atoms with van der Waals surface area (Å²) in [5.74, 6) is 1.24. The lowest BCUT2D eigenvalue weighted by Crippen LogP contribution is -2.25. The Balaban J connectivity index is 1.64. The van der Waals surface area contributed by atoms with Crippen LogP contribution in [0.15, 0.2) is 12.5 Å². The molecule has 2 rings (SSSR count). The number of anilines is 1. The third-order valence-corrected chi connectivity index (χ3v) is 2.81. The number of nitrogens with one attached hydrogen (secondary N) is 1. The van der Waals surface area contributed by atoms with E-state index in [1.54, 1.807) is 0 Å². The Kier molecular flexibility index (Phi) is 4.53. The Hall–Kier alpha value is -0.910. The zero-order valence-corrected chi connectivity index (χ0v) is 10.2. The second-order valence-corrected chi connectivity index (χ2v) is 4.64. The first kappa shape index (κ1) is 12.5. The van der Waals surface area contributed by atoms with E-state index in [1.165, 1.54) is 25.4 Å². The minimum atomic E-state index is -0.556. The zero-order chi connectivity index (χ0) is 12.1. The van der Waals surface area contributed by atoms with E-state index in [-0.39, 0.29) is 0 Å². The molecule has 1 unspecified atom stereocenters. The minimum absolute atomic E-state index is 0.339. The highest BCUT2D eigenvalue weighted by atomic mass is 35.5. The maximum Gasteiger partial charge on any atom is 0.148 e. The SMILES string of the molecule is OC(CNc1ncncc1Cl)COCC1CC1. The Morgan fingerprint density at radius 2 is 2.41 bits per heavy atom. The van der Waals surface area contributed by atoms with Crippen molar-refractivity contribution in [2.24, 2.45) is 5.92 Å². The van der Waals surface area contributed by atoms with Crippen LogP contribution in [-0.2, 0) is 4.74 Å². The lowest BCUT2D eigenvalue weighted by molar-refractivity contribution is 0.0386. The topological polar surface area (TPSA) is 67.3 Å². The van der Waals surface area contributed by atoms with Crippen molar-refractivity contribution in [1.29, 1.82) is 0 Å². The number of nitrogens with zero attached hydrogens (tertiary/aromatic N) is 2. The van der Waals surface area contributed by atoms with Gasteiger partial charge in [0.1, 0.15) is 17.2 Å². The molecule has 17 heavy (non-hydrogen) atoms. The summed E-state index contributed by atoms with van der Waals surface area (Å²) in [4.78, 5) is 7.74. The lowest BCUT2D eigenvalue weighted by atomic mass is 10.3. The van der Waals surface area contributed by atoms with Crippen LogP contribution < -0.4 is 5.32 Å². The first-order valence-electron chi connectivity index (χ1n) is 5.71. The average molecular weight is 258 g/mol. The Bertz CT molecular complexity index is 360. The molecule has 1 aromatic rings. The van der Waals surface area contributed by atoms with E-state index in [0.717, 1.165) is 6.61 Å². The van der Waals surface area contributed by atoms with Gasteiger partial charge in [0.15, 0.2) is 0 Å². The largest absolute Gasteiger partial charge is 0.389 e. The maximum atomic E-state index is 9.66. The van der Waals surface area contributed by atoms with Crippen LogP contribution in [0.1, 0.15) is 12.8 Å². The van der Waals surface area contributed by atoms with Gasteiger partial charge in [-0.1, -0.05) is 11.6 Å². The van der Waals surface area contributed by atoms with Crippen molar-refractivity contribution >= 4 is 17.4 Å². The maximum absolute atomic E-state index is 9.66. The summed E-state index contributed by atoms with van der Waals surface area (Å²) in [7, 11) is 0. The van der Waals surface area contributed by atoms with Gasteiger partial charge in [-0.3, -0.25) is 0 Å². The van der Waals surface area contributed by atoms with Crippen LogP contribution in [0, 0.1) is 5.92 Å². The van der Waals surface area contributed by atoms with Crippen molar-refractivity contribution in [3.05, 3.63) is 17.5 Å². The summed E-state index contributed by atoms with van der Waals surface area (Å²) in [5, 5.41) is 13.1. The van der Waals surface area contributed by atoms with Gasteiger partial charge in [-0.15, -0.1) is 0 Å². The van der Waals surface area contributed by atoms with Gasteiger partial charge in [-0.2, -0.15) is 0 Å². The fourth-order valence-corrected chi connectivity index (χ4v) is 1.54. The van der Waals surface area contributed by atoms with E-state index >= 15 is 0 Å². The summed E-state index contributed by atoms with van der Waals surface area (Å²) in [5.41, 5.74) is 0. The summed E-state index contributed by atoms with van der Waals surface area (Å²) in [6.07, 6.45) is 4.87. The molecule has 6 heteroatoms. The Morgan fingerprint density at radius 3 is 3.12 bits per heavy atom. The molecule has 94 valence electrons. The second kappa shape index (κ2) is 6.14. The molecule has 0 spiro atoms. The van der Waals surface area contributed by atoms with Gasteiger partial charge in [0, 0.05) is 13.2 Å². The Morgan fingerprint density at radius 1 is 1.59 bits per heavy atom. The molecule has 0 bridgehead atoms. The molecular formula is C11H16ClN3O2. The Labute approximate surface area is 105 Å². The van der Waals surface area contributed by atoms with Gasteiger partial charge in [-0.25, -0.2) is 9.97 Å². The second-order valence-electron chi connectivity index (χ2n) is 4.23. The highest BCUT2D eigenvalue weighted by Gasteiger charge is 2.21. The van der Waals surface area contributed by atoms with Crippen LogP contribution in [0.2, 0.25) is 5.02 Å². The van der Waals surface area contributed by atoms with Crippen molar-refractivity contribution in [3.63, 3.8) is 0 Å². The van der Waals surface area contributed by atoms with Gasteiger partial charge in [0.25, 0.3) is 0 Å². The minimum Gasteiger partial charge on any atom is -0.389 e. The molecule has 0 amide bonds. The van der Waals surface area contributed by atoms with Crippen LogP contribution >= 0.6 is 11.6 Å². The molecule has 1 saturated carbocycles. The van der Waals surface area contributed by atoms with Gasteiger partial charge < -0.3 is 15.2 Å². The number of hydrogen-bond donors (Lipinski definition) is 2. The number of aliphatic hydroxyl groups excluding tert-OH is 1. The molecule has 2 N–H and O–H groups in total. The first-order chi connectivity index (χ1) is 8.25. The van der Waals surface area contributed by atoms with E-state index in [1.807, 2.05) is 0 Å². The summed E-state index contributed by atoms with van der Waals surface area (Å²) < 4.78 is 5.38. The van der Waals surface area contributed by atoms with Crippen molar-refractivity contribution in [2.45, 2.75) is 18.9 Å². The molecule has 0 aliphatic heterocycles. The zero-order valence-electron chi connectivity index (χ0n) is 9.47. The molecule has 1 aromatic heterocycles. The number of halogens is 1. The average Bonchev–Trinajstić information content (AvgIpc) is 3.12. The van der Waals surface area contributed by atoms with Gasteiger partial charge >= 0.3 is 0 Å². The highest BCUT2D eigenvalue weighted by molar-refractivity contribution is 6.32. The van der Waals surface area contributed by atoms with Crippen molar-refractivity contribution in [3.8, 4) is 0 Å². The molecule has 0 aromatic carbocycles. The molecule has 0 radical (unpaired) electrons. The monoisotopic (exact) mass is 257 g/mol. The number of hydrogen-bond acceptors (Lipinski definition) is 5. The summed E-state index contributed by atoms with van der Waals surface area (Å²) in [6, 6.07) is 0. The van der Waals surface area contributed by atoms with Crippen molar-refractivity contribution in [2.75, 3.05) is 25.1 Å². The van der Waals surface area contributed by atoms with E-state index in [2.05, 4.69) is 15.3 Å². The molecular weight excluding hydrogens is 242 g/mol. The molecule has 1 atom stereocenters. The third kappa shape index (κ3) is 4.46. The van der Waals surface area contributed by atoms with E-state index in [9.17, 15) is 5.11 Å². The van der Waals surface area contributed by atoms with Crippen molar-refractivity contribution in [1.82, 2.24) is 9.97 Å². The molecule has 1 aliphatic rings. The number of aromatic nitrogens is 2. The molecule has 1 aliphatic carbocycles. The van der Waals surface area contributed by atoms with Gasteiger partial charge in [0.2, 0.25) is 0 Å². The van der Waals surface area contributed by atoms with E-state index < -0.39 is 6.10 Å². The summed E-state index contributed by atoms with van der Waals surface area (Å²) >= 11 is 5.86. The fraction of sp³-hybridized carbons (Fsp3) is 0.636. The first-order valence-corrected chi connectivity index (χ1v) is 6.08. The quantitative estimate of drug-likeness (QED) is 0.771. The smallest absolute Gasteiger partial charge is 0.148 e. The number of aliphatic hydroxyl groups is 1. The fourth-order valence-electron chi connectivity index (χ4n) is 1.37. The third-order valence-electron chi connectivity index (χ3n) is 2.53. The van der Waals surface area contributed by atoms with Gasteiger partial charge in [0.05, 0.1) is 18.9 Å². The van der Waals surface area contributed by atoms with Crippen LogP contribution in [0.25, 0.3) is 0 Å². The van der Waals surface area contributed by atoms with Crippen LogP contribution in [0.4, 0.5) is 5.82 Å². The standard InChI is InChI=1S/C11H16ClN3O2/c12-10-4-13-7-15-11(10)14-3-9(16)6-17-5-8-1-2-8/h4,7-9,16H,1-3,5-6H2,(H,13,14,15). The summed E-state index contributed by atoms with van der Waals surface area (Å²) in [6.45, 7) is 1.46. The lowest BCUT2D eigenvalue weighted by Gasteiger charge is -2.13. The molecule has 1 heterocycles. The highest BCUT2D eigenvalue weighted by Crippen LogP contribution is 2.28. The van der Waals surface area contributed by atoms with Gasteiger partial charge in [-0.05, 0) is 18.8 Å².